The van der Waals surface area contributed by atoms with Gasteiger partial charge >= 0.3 is 0 Å². The Balaban J connectivity index is 1.84. The Hall–Kier alpha value is 0.140. The SMILES string of the molecule is CNC(c1sc(C)cc1Br)C1C2CCCC21. The summed E-state index contributed by atoms with van der Waals surface area (Å²) < 4.78 is 1.30. The second kappa shape index (κ2) is 4.11. The molecular formula is C13H18BrNS. The van der Waals surface area contributed by atoms with Crippen LogP contribution >= 0.6 is 27.3 Å². The van der Waals surface area contributed by atoms with E-state index in [4.69, 9.17) is 0 Å². The summed E-state index contributed by atoms with van der Waals surface area (Å²) in [5.41, 5.74) is 0. The van der Waals surface area contributed by atoms with E-state index in [2.05, 4.69) is 41.3 Å². The molecule has 0 spiro atoms. The molecule has 2 aliphatic rings. The second-order valence-corrected chi connectivity index (χ2v) is 7.31. The Labute approximate surface area is 110 Å². The average molecular weight is 300 g/mol. The van der Waals surface area contributed by atoms with Crippen molar-refractivity contribution in [2.75, 3.05) is 7.05 Å². The van der Waals surface area contributed by atoms with Crippen LogP contribution in [0.3, 0.4) is 0 Å². The van der Waals surface area contributed by atoms with Crippen LogP contribution in [0.1, 0.15) is 35.1 Å². The van der Waals surface area contributed by atoms with Gasteiger partial charge in [-0.2, -0.15) is 0 Å². The lowest BCUT2D eigenvalue weighted by molar-refractivity contribution is 0.449. The van der Waals surface area contributed by atoms with Crippen LogP contribution in [0.2, 0.25) is 0 Å². The van der Waals surface area contributed by atoms with Crippen molar-refractivity contribution in [1.82, 2.24) is 5.32 Å². The maximum absolute atomic E-state index is 3.70. The molecule has 1 nitrogen and oxygen atoms in total. The van der Waals surface area contributed by atoms with Gasteiger partial charge in [-0.15, -0.1) is 11.3 Å². The molecule has 0 radical (unpaired) electrons. The van der Waals surface area contributed by atoms with E-state index in [1.807, 2.05) is 11.3 Å². The molecule has 1 heterocycles. The summed E-state index contributed by atoms with van der Waals surface area (Å²) in [6.07, 6.45) is 4.40. The Morgan fingerprint density at radius 3 is 2.62 bits per heavy atom. The maximum Gasteiger partial charge on any atom is 0.0458 e. The highest BCUT2D eigenvalue weighted by atomic mass is 79.9. The molecule has 3 unspecified atom stereocenters. The summed E-state index contributed by atoms with van der Waals surface area (Å²) >= 11 is 5.65. The lowest BCUT2D eigenvalue weighted by Gasteiger charge is -2.17. The molecule has 2 saturated carbocycles. The molecule has 0 amide bonds. The fourth-order valence-electron chi connectivity index (χ4n) is 3.58. The van der Waals surface area contributed by atoms with E-state index >= 15 is 0 Å². The van der Waals surface area contributed by atoms with E-state index in [1.165, 1.54) is 33.5 Å². The van der Waals surface area contributed by atoms with E-state index in [0.717, 1.165) is 17.8 Å². The summed E-state index contributed by atoms with van der Waals surface area (Å²) in [7, 11) is 2.11. The Kier molecular flexibility index (Phi) is 2.89. The van der Waals surface area contributed by atoms with E-state index in [1.54, 1.807) is 0 Å². The Morgan fingerprint density at radius 1 is 1.44 bits per heavy atom. The van der Waals surface area contributed by atoms with E-state index in [0.29, 0.717) is 6.04 Å². The highest BCUT2D eigenvalue weighted by molar-refractivity contribution is 9.10. The highest BCUT2D eigenvalue weighted by Gasteiger charge is 2.56. The van der Waals surface area contributed by atoms with Crippen LogP contribution in [-0.4, -0.2) is 7.05 Å². The van der Waals surface area contributed by atoms with Gasteiger partial charge in [-0.25, -0.2) is 0 Å². The van der Waals surface area contributed by atoms with Gasteiger partial charge in [0.25, 0.3) is 0 Å². The van der Waals surface area contributed by atoms with Gasteiger partial charge < -0.3 is 5.32 Å². The number of fused-ring (bicyclic) bond motifs is 1. The monoisotopic (exact) mass is 299 g/mol. The lowest BCUT2D eigenvalue weighted by atomic mass is 10.0. The molecule has 3 heteroatoms. The summed E-state index contributed by atoms with van der Waals surface area (Å²) in [6, 6.07) is 2.84. The van der Waals surface area contributed by atoms with Crippen LogP contribution in [0, 0.1) is 24.7 Å². The molecule has 3 atom stereocenters. The van der Waals surface area contributed by atoms with Crippen LogP contribution in [0.25, 0.3) is 0 Å². The molecule has 16 heavy (non-hydrogen) atoms. The smallest absolute Gasteiger partial charge is 0.0458 e. The van der Waals surface area contributed by atoms with Crippen molar-refractivity contribution >= 4 is 27.3 Å². The minimum atomic E-state index is 0.586. The van der Waals surface area contributed by atoms with Gasteiger partial charge in [0.2, 0.25) is 0 Å². The molecule has 1 aromatic heterocycles. The first kappa shape index (κ1) is 11.2. The third-order valence-electron chi connectivity index (χ3n) is 4.29. The molecule has 2 fully saturated rings. The quantitative estimate of drug-likeness (QED) is 0.885. The van der Waals surface area contributed by atoms with Crippen molar-refractivity contribution in [2.24, 2.45) is 17.8 Å². The number of aryl methyl sites for hydroxylation is 1. The fourth-order valence-corrected chi connectivity index (χ4v) is 5.65. The maximum atomic E-state index is 3.70. The predicted molar refractivity (Wildman–Crippen MR) is 72.9 cm³/mol. The first-order valence-corrected chi connectivity index (χ1v) is 7.76. The zero-order valence-electron chi connectivity index (χ0n) is 9.79. The van der Waals surface area contributed by atoms with Crippen LogP contribution in [-0.2, 0) is 0 Å². The molecular weight excluding hydrogens is 282 g/mol. The average Bonchev–Trinajstić information content (AvgIpc) is 2.63. The summed E-state index contributed by atoms with van der Waals surface area (Å²) in [5.74, 6) is 2.95. The Bertz CT molecular complexity index is 391. The normalized spacial score (nSPS) is 33.8. The van der Waals surface area contributed by atoms with E-state index in [9.17, 15) is 0 Å². The molecule has 1 N–H and O–H groups in total. The zero-order valence-corrected chi connectivity index (χ0v) is 12.2. The number of halogens is 1. The van der Waals surface area contributed by atoms with Crippen molar-refractivity contribution < 1.29 is 0 Å². The van der Waals surface area contributed by atoms with Gasteiger partial charge in [-0.1, -0.05) is 6.42 Å². The van der Waals surface area contributed by atoms with Crippen molar-refractivity contribution in [3.05, 3.63) is 20.3 Å². The largest absolute Gasteiger partial charge is 0.312 e. The Morgan fingerprint density at radius 2 is 2.12 bits per heavy atom. The van der Waals surface area contributed by atoms with Crippen molar-refractivity contribution in [3.8, 4) is 0 Å². The van der Waals surface area contributed by atoms with Gasteiger partial charge in [-0.05, 0) is 66.6 Å². The molecule has 0 aromatic carbocycles. The number of hydrogen-bond acceptors (Lipinski definition) is 2. The molecule has 1 aromatic rings. The number of thiophene rings is 1. The van der Waals surface area contributed by atoms with Crippen molar-refractivity contribution in [1.29, 1.82) is 0 Å². The first-order chi connectivity index (χ1) is 7.72. The topological polar surface area (TPSA) is 12.0 Å². The molecule has 0 bridgehead atoms. The molecule has 2 aliphatic carbocycles. The molecule has 88 valence electrons. The molecule has 0 saturated heterocycles. The number of hydrogen-bond donors (Lipinski definition) is 1. The summed E-state index contributed by atoms with van der Waals surface area (Å²) in [5, 5.41) is 3.54. The summed E-state index contributed by atoms with van der Waals surface area (Å²) in [6.45, 7) is 2.19. The van der Waals surface area contributed by atoms with Crippen LogP contribution in [0.15, 0.2) is 10.5 Å². The predicted octanol–water partition coefficient (Wildman–Crippen LogP) is 4.13. The zero-order chi connectivity index (χ0) is 11.3. The number of rotatable bonds is 3. The van der Waals surface area contributed by atoms with Gasteiger partial charge in [0.05, 0.1) is 0 Å². The van der Waals surface area contributed by atoms with Gasteiger partial charge in [0.1, 0.15) is 0 Å². The van der Waals surface area contributed by atoms with Crippen LogP contribution in [0.4, 0.5) is 0 Å². The first-order valence-electron chi connectivity index (χ1n) is 6.15. The van der Waals surface area contributed by atoms with Crippen LogP contribution < -0.4 is 5.32 Å². The van der Waals surface area contributed by atoms with E-state index < -0.39 is 0 Å². The van der Waals surface area contributed by atoms with Crippen LogP contribution in [0.5, 0.6) is 0 Å². The summed E-state index contributed by atoms with van der Waals surface area (Å²) in [4.78, 5) is 2.92. The van der Waals surface area contributed by atoms with E-state index in [-0.39, 0.29) is 0 Å². The van der Waals surface area contributed by atoms with Gasteiger partial charge in [-0.3, -0.25) is 0 Å². The fraction of sp³-hybridized carbons (Fsp3) is 0.692. The second-order valence-electron chi connectivity index (χ2n) is 5.17. The molecule has 0 aliphatic heterocycles. The minimum absolute atomic E-state index is 0.586. The highest BCUT2D eigenvalue weighted by Crippen LogP contribution is 2.63. The third kappa shape index (κ3) is 1.68. The third-order valence-corrected chi connectivity index (χ3v) is 6.34. The minimum Gasteiger partial charge on any atom is -0.312 e. The van der Waals surface area contributed by atoms with Crippen molar-refractivity contribution in [2.45, 2.75) is 32.2 Å². The standard InChI is InChI=1S/C13H18BrNS/c1-7-6-10(14)13(16-7)12(15-2)11-8-4-3-5-9(8)11/h6,8-9,11-12,15H,3-5H2,1-2H3. The van der Waals surface area contributed by atoms with Crippen molar-refractivity contribution in [3.63, 3.8) is 0 Å². The van der Waals surface area contributed by atoms with Gasteiger partial charge in [0, 0.05) is 20.3 Å². The van der Waals surface area contributed by atoms with Gasteiger partial charge in [0.15, 0.2) is 0 Å². The lowest BCUT2D eigenvalue weighted by Crippen LogP contribution is -2.19. The molecule has 3 rings (SSSR count). The number of nitrogens with one attached hydrogen (secondary N) is 1.